The zero-order valence-corrected chi connectivity index (χ0v) is 22.6. The lowest BCUT2D eigenvalue weighted by Crippen LogP contribution is -2.14. The van der Waals surface area contributed by atoms with Crippen LogP contribution in [0.15, 0.2) is 79.4 Å². The third-order valence-corrected chi connectivity index (χ3v) is 7.95. The second-order valence-electron chi connectivity index (χ2n) is 10.8. The number of benzene rings is 3. The monoisotopic (exact) mass is 498 g/mol. The molecular formula is C35H43FO. The number of rotatable bonds is 13. The Kier molecular flexibility index (Phi) is 10.6. The first-order valence-electron chi connectivity index (χ1n) is 14.3. The smallest absolute Gasteiger partial charge is 0.131 e. The third kappa shape index (κ3) is 8.40. The van der Waals surface area contributed by atoms with Gasteiger partial charge in [-0.25, -0.2) is 4.39 Å². The fourth-order valence-corrected chi connectivity index (χ4v) is 5.59. The number of ether oxygens (including phenoxy) is 1. The molecule has 0 spiro atoms. The van der Waals surface area contributed by atoms with Gasteiger partial charge in [-0.2, -0.15) is 0 Å². The predicted octanol–water partition coefficient (Wildman–Crippen LogP) is 9.52. The summed E-state index contributed by atoms with van der Waals surface area (Å²) in [6, 6.07) is 23.0. The lowest BCUT2D eigenvalue weighted by molar-refractivity contribution is 0.121. The maximum Gasteiger partial charge on any atom is 0.131 e. The molecule has 0 atom stereocenters. The van der Waals surface area contributed by atoms with Gasteiger partial charge >= 0.3 is 0 Å². The van der Waals surface area contributed by atoms with Gasteiger partial charge in [0.1, 0.15) is 5.82 Å². The minimum Gasteiger partial charge on any atom is -0.377 e. The minimum atomic E-state index is -0.189. The Morgan fingerprint density at radius 1 is 0.784 bits per heavy atom. The van der Waals surface area contributed by atoms with Gasteiger partial charge < -0.3 is 4.74 Å². The van der Waals surface area contributed by atoms with E-state index in [0.29, 0.717) is 18.8 Å². The highest BCUT2D eigenvalue weighted by atomic mass is 19.1. The number of allylic oxidation sites excluding steroid dienone is 1. The quantitative estimate of drug-likeness (QED) is 0.168. The van der Waals surface area contributed by atoms with Crippen LogP contribution in [0.2, 0.25) is 0 Å². The molecule has 0 radical (unpaired) electrons. The molecule has 1 nitrogen and oxygen atoms in total. The lowest BCUT2D eigenvalue weighted by atomic mass is 9.78. The maximum atomic E-state index is 14.7. The molecule has 1 aliphatic carbocycles. The van der Waals surface area contributed by atoms with Crippen molar-refractivity contribution in [3.8, 4) is 11.1 Å². The lowest BCUT2D eigenvalue weighted by Gasteiger charge is -2.27. The van der Waals surface area contributed by atoms with E-state index in [1.54, 1.807) is 6.07 Å². The number of hydrogen-bond acceptors (Lipinski definition) is 1. The van der Waals surface area contributed by atoms with E-state index in [-0.39, 0.29) is 5.82 Å². The van der Waals surface area contributed by atoms with Gasteiger partial charge in [-0.3, -0.25) is 0 Å². The molecule has 0 aliphatic heterocycles. The Bertz CT molecular complexity index is 1090. The van der Waals surface area contributed by atoms with Crippen LogP contribution in [0.1, 0.15) is 74.1 Å². The summed E-state index contributed by atoms with van der Waals surface area (Å²) in [5.74, 6) is 1.59. The van der Waals surface area contributed by atoms with E-state index in [9.17, 15) is 4.39 Å². The molecule has 0 heterocycles. The second kappa shape index (κ2) is 14.3. The summed E-state index contributed by atoms with van der Waals surface area (Å²) < 4.78 is 20.2. The van der Waals surface area contributed by atoms with Crippen LogP contribution in [0.5, 0.6) is 0 Å². The average molecular weight is 499 g/mol. The molecule has 3 aromatic rings. The van der Waals surface area contributed by atoms with Gasteiger partial charge in [-0.15, -0.1) is 6.58 Å². The first-order chi connectivity index (χ1) is 18.1. The third-order valence-electron chi connectivity index (χ3n) is 7.95. The van der Waals surface area contributed by atoms with E-state index in [1.807, 2.05) is 24.3 Å². The predicted molar refractivity (Wildman–Crippen MR) is 154 cm³/mol. The van der Waals surface area contributed by atoms with E-state index < -0.39 is 0 Å². The minimum absolute atomic E-state index is 0.189. The SMILES string of the molecule is C=CCC1CCC(CCc2ccc(CCc3ccc(-c4ccc(COCCC)cc4F)cc3)cc2)CC1. The molecule has 0 bridgehead atoms. The van der Waals surface area contributed by atoms with Gasteiger partial charge in [0.25, 0.3) is 0 Å². The molecule has 0 N–H and O–H groups in total. The molecule has 2 heteroatoms. The Balaban J connectivity index is 1.22. The maximum absolute atomic E-state index is 14.7. The average Bonchev–Trinajstić information content (AvgIpc) is 2.93. The highest BCUT2D eigenvalue weighted by molar-refractivity contribution is 5.64. The van der Waals surface area contributed by atoms with Crippen LogP contribution in [0.25, 0.3) is 11.1 Å². The van der Waals surface area contributed by atoms with Crippen molar-refractivity contribution in [2.75, 3.05) is 6.61 Å². The molecule has 4 rings (SSSR count). The molecular weight excluding hydrogens is 455 g/mol. The van der Waals surface area contributed by atoms with E-state index in [2.05, 4.69) is 56.0 Å². The zero-order chi connectivity index (χ0) is 25.9. The van der Waals surface area contributed by atoms with Gasteiger partial charge in [0.2, 0.25) is 0 Å². The zero-order valence-electron chi connectivity index (χ0n) is 22.6. The van der Waals surface area contributed by atoms with Crippen molar-refractivity contribution in [2.45, 2.75) is 77.7 Å². The van der Waals surface area contributed by atoms with E-state index in [4.69, 9.17) is 4.74 Å². The van der Waals surface area contributed by atoms with Gasteiger partial charge in [0.15, 0.2) is 0 Å². The highest BCUT2D eigenvalue weighted by Gasteiger charge is 2.20. The topological polar surface area (TPSA) is 9.23 Å². The largest absolute Gasteiger partial charge is 0.377 e. The normalized spacial score (nSPS) is 17.6. The summed E-state index contributed by atoms with van der Waals surface area (Å²) in [6.45, 7) is 7.13. The van der Waals surface area contributed by atoms with E-state index >= 15 is 0 Å². The molecule has 0 amide bonds. The molecule has 0 aromatic heterocycles. The van der Waals surface area contributed by atoms with Crippen molar-refractivity contribution in [2.24, 2.45) is 11.8 Å². The Hall–Kier alpha value is -2.71. The number of halogens is 1. The first kappa shape index (κ1) is 27.3. The van der Waals surface area contributed by atoms with E-state index in [0.717, 1.165) is 42.2 Å². The summed E-state index contributed by atoms with van der Waals surface area (Å²) in [4.78, 5) is 0. The fraction of sp³-hybridized carbons (Fsp3) is 0.429. The second-order valence-corrected chi connectivity index (χ2v) is 10.8. The van der Waals surface area contributed by atoms with Crippen LogP contribution in [-0.4, -0.2) is 6.61 Å². The van der Waals surface area contributed by atoms with Crippen molar-refractivity contribution in [1.29, 1.82) is 0 Å². The van der Waals surface area contributed by atoms with Crippen LogP contribution in [0.4, 0.5) is 4.39 Å². The van der Waals surface area contributed by atoms with Crippen molar-refractivity contribution in [3.05, 3.63) is 107 Å². The van der Waals surface area contributed by atoms with Crippen molar-refractivity contribution >= 4 is 0 Å². The van der Waals surface area contributed by atoms with Crippen LogP contribution < -0.4 is 0 Å². The molecule has 0 saturated heterocycles. The summed E-state index contributed by atoms with van der Waals surface area (Å²) >= 11 is 0. The van der Waals surface area contributed by atoms with Crippen LogP contribution >= 0.6 is 0 Å². The van der Waals surface area contributed by atoms with Crippen molar-refractivity contribution in [1.82, 2.24) is 0 Å². The van der Waals surface area contributed by atoms with Gasteiger partial charge in [0, 0.05) is 12.2 Å². The number of hydrogen-bond donors (Lipinski definition) is 0. The van der Waals surface area contributed by atoms with Crippen molar-refractivity contribution < 1.29 is 9.13 Å². The highest BCUT2D eigenvalue weighted by Crippen LogP contribution is 2.33. The van der Waals surface area contributed by atoms with Crippen LogP contribution in [0, 0.1) is 17.7 Å². The van der Waals surface area contributed by atoms with Crippen LogP contribution in [0.3, 0.4) is 0 Å². The van der Waals surface area contributed by atoms with E-state index in [1.165, 1.54) is 61.6 Å². The molecule has 1 saturated carbocycles. The summed E-state index contributed by atoms with van der Waals surface area (Å²) in [7, 11) is 0. The summed E-state index contributed by atoms with van der Waals surface area (Å²) in [5, 5.41) is 0. The number of aryl methyl sites for hydroxylation is 3. The summed E-state index contributed by atoms with van der Waals surface area (Å²) in [5.41, 5.74) is 6.57. The standard InChI is InChI=1S/C35H43FO/c1-3-5-27-6-8-28(9-7-27)10-11-29-12-14-30(15-13-29)16-17-31-18-21-33(22-19-31)34-23-20-32(25-35(34)36)26-37-24-4-2/h3,12-15,18-23,25,27-28H,1,4-11,16-17,24,26H2,2H3. The molecule has 37 heavy (non-hydrogen) atoms. The van der Waals surface area contributed by atoms with Gasteiger partial charge in [0.05, 0.1) is 6.61 Å². The first-order valence-corrected chi connectivity index (χ1v) is 14.3. The molecule has 0 unspecified atom stereocenters. The molecule has 196 valence electrons. The molecule has 3 aromatic carbocycles. The van der Waals surface area contributed by atoms with Gasteiger partial charge in [-0.05, 0) is 97.1 Å². The Morgan fingerprint density at radius 3 is 1.95 bits per heavy atom. The summed E-state index contributed by atoms with van der Waals surface area (Å²) in [6.07, 6.45) is 14.3. The molecule has 1 aliphatic rings. The Morgan fingerprint density at radius 2 is 1.35 bits per heavy atom. The fourth-order valence-electron chi connectivity index (χ4n) is 5.59. The Labute approximate surface area is 223 Å². The van der Waals surface area contributed by atoms with Crippen LogP contribution in [-0.2, 0) is 30.6 Å². The van der Waals surface area contributed by atoms with Gasteiger partial charge in [-0.1, -0.05) is 86.5 Å². The van der Waals surface area contributed by atoms with Crippen molar-refractivity contribution in [3.63, 3.8) is 0 Å². The molecule has 1 fully saturated rings.